The molecule has 0 aliphatic rings. The second kappa shape index (κ2) is 8.48. The predicted molar refractivity (Wildman–Crippen MR) is 97.4 cm³/mol. The fourth-order valence-electron chi connectivity index (χ4n) is 2.75. The highest BCUT2D eigenvalue weighted by atomic mass is 16.4. The predicted octanol–water partition coefficient (Wildman–Crippen LogP) is 0.379. The quantitative estimate of drug-likeness (QED) is 0.463. The van der Waals surface area contributed by atoms with E-state index in [1.165, 1.54) is 0 Å². The molecule has 0 saturated carbocycles. The highest BCUT2D eigenvalue weighted by Gasteiger charge is 2.29. The lowest BCUT2D eigenvalue weighted by molar-refractivity contribution is -0.142. The molecule has 2 rings (SSSR count). The van der Waals surface area contributed by atoms with Gasteiger partial charge in [-0.1, -0.05) is 32.0 Å². The van der Waals surface area contributed by atoms with Crippen LogP contribution >= 0.6 is 0 Å². The van der Waals surface area contributed by atoms with Crippen molar-refractivity contribution in [3.63, 3.8) is 0 Å². The summed E-state index contributed by atoms with van der Waals surface area (Å²) < 4.78 is 0. The molecule has 0 aliphatic carbocycles. The van der Waals surface area contributed by atoms with Crippen molar-refractivity contribution < 1.29 is 19.5 Å². The van der Waals surface area contributed by atoms with Crippen molar-refractivity contribution in [2.75, 3.05) is 6.54 Å². The van der Waals surface area contributed by atoms with Crippen LogP contribution in [-0.4, -0.2) is 46.5 Å². The van der Waals surface area contributed by atoms with Crippen molar-refractivity contribution in [2.24, 2.45) is 11.7 Å². The van der Waals surface area contributed by atoms with Gasteiger partial charge in [0.25, 0.3) is 0 Å². The molecule has 0 aliphatic heterocycles. The molecule has 0 radical (unpaired) electrons. The van der Waals surface area contributed by atoms with Gasteiger partial charge >= 0.3 is 5.97 Å². The van der Waals surface area contributed by atoms with Gasteiger partial charge in [0.05, 0.1) is 6.54 Å². The van der Waals surface area contributed by atoms with Crippen molar-refractivity contribution in [1.82, 2.24) is 15.6 Å². The molecule has 1 aromatic carbocycles. The fraction of sp³-hybridized carbons (Fsp3) is 0.389. The Bertz CT molecular complexity index is 799. The van der Waals surface area contributed by atoms with Crippen LogP contribution in [0.1, 0.15) is 19.4 Å². The van der Waals surface area contributed by atoms with Crippen LogP contribution in [0.3, 0.4) is 0 Å². The number of aliphatic carboxylic acids is 1. The zero-order valence-electron chi connectivity index (χ0n) is 14.8. The SMILES string of the molecule is CC(C)C(NC(=O)CN)C(=O)NC(Cc1c[nH]c2ccccc12)C(=O)O. The number of benzene rings is 1. The molecule has 1 heterocycles. The van der Waals surface area contributed by atoms with E-state index in [9.17, 15) is 19.5 Å². The molecule has 0 bridgehead atoms. The van der Waals surface area contributed by atoms with Crippen LogP contribution in [0.25, 0.3) is 10.9 Å². The maximum Gasteiger partial charge on any atom is 0.326 e. The van der Waals surface area contributed by atoms with Crippen LogP contribution in [0, 0.1) is 5.92 Å². The van der Waals surface area contributed by atoms with Gasteiger partial charge in [0.15, 0.2) is 0 Å². The summed E-state index contributed by atoms with van der Waals surface area (Å²) in [5, 5.41) is 15.5. The molecule has 2 atom stereocenters. The van der Waals surface area contributed by atoms with Gasteiger partial charge in [0.1, 0.15) is 12.1 Å². The lowest BCUT2D eigenvalue weighted by Gasteiger charge is -2.23. The number of carbonyl (C=O) groups is 3. The molecular weight excluding hydrogens is 336 g/mol. The van der Waals surface area contributed by atoms with Crippen molar-refractivity contribution in [2.45, 2.75) is 32.4 Å². The Balaban J connectivity index is 2.15. The number of amides is 2. The normalized spacial score (nSPS) is 13.4. The molecule has 0 spiro atoms. The third-order valence-corrected chi connectivity index (χ3v) is 4.16. The number of aromatic amines is 1. The summed E-state index contributed by atoms with van der Waals surface area (Å²) in [6.45, 7) is 3.28. The molecule has 26 heavy (non-hydrogen) atoms. The third kappa shape index (κ3) is 4.60. The lowest BCUT2D eigenvalue weighted by atomic mass is 10.0. The van der Waals surface area contributed by atoms with Gasteiger partial charge in [0, 0.05) is 23.5 Å². The van der Waals surface area contributed by atoms with Gasteiger partial charge in [0.2, 0.25) is 11.8 Å². The second-order valence-corrected chi connectivity index (χ2v) is 6.46. The first-order valence-electron chi connectivity index (χ1n) is 8.41. The Hall–Kier alpha value is -2.87. The number of nitrogens with two attached hydrogens (primary N) is 1. The monoisotopic (exact) mass is 360 g/mol. The molecule has 6 N–H and O–H groups in total. The lowest BCUT2D eigenvalue weighted by Crippen LogP contribution is -2.55. The van der Waals surface area contributed by atoms with Gasteiger partial charge in [-0.05, 0) is 17.5 Å². The van der Waals surface area contributed by atoms with Gasteiger partial charge < -0.3 is 26.5 Å². The van der Waals surface area contributed by atoms with Gasteiger partial charge in [-0.3, -0.25) is 9.59 Å². The topological polar surface area (TPSA) is 137 Å². The maximum atomic E-state index is 12.5. The third-order valence-electron chi connectivity index (χ3n) is 4.16. The van der Waals surface area contributed by atoms with Crippen LogP contribution in [-0.2, 0) is 20.8 Å². The van der Waals surface area contributed by atoms with E-state index in [-0.39, 0.29) is 18.9 Å². The number of carboxylic acid groups (broad SMARTS) is 1. The molecule has 8 heteroatoms. The first-order chi connectivity index (χ1) is 12.3. The molecule has 2 amide bonds. The van der Waals surface area contributed by atoms with Crippen LogP contribution in [0.2, 0.25) is 0 Å². The number of rotatable bonds is 8. The molecule has 1 aromatic heterocycles. The average molecular weight is 360 g/mol. The molecule has 2 unspecified atom stereocenters. The average Bonchev–Trinajstić information content (AvgIpc) is 3.01. The van der Waals surface area contributed by atoms with Crippen LogP contribution in [0.4, 0.5) is 0 Å². The molecule has 2 aromatic rings. The Morgan fingerprint density at radius 2 is 1.88 bits per heavy atom. The zero-order chi connectivity index (χ0) is 19.3. The van der Waals surface area contributed by atoms with Crippen molar-refractivity contribution in [3.8, 4) is 0 Å². The Morgan fingerprint density at radius 3 is 2.50 bits per heavy atom. The van der Waals surface area contributed by atoms with E-state index >= 15 is 0 Å². The maximum absolute atomic E-state index is 12.5. The number of aromatic nitrogens is 1. The van der Waals surface area contributed by atoms with Gasteiger partial charge in [-0.15, -0.1) is 0 Å². The van der Waals surface area contributed by atoms with E-state index < -0.39 is 29.9 Å². The van der Waals surface area contributed by atoms with E-state index in [0.717, 1.165) is 16.5 Å². The second-order valence-electron chi connectivity index (χ2n) is 6.46. The smallest absolute Gasteiger partial charge is 0.326 e. The summed E-state index contributed by atoms with van der Waals surface area (Å²) in [5.74, 6) is -2.37. The Labute approximate surface area is 151 Å². The Kier molecular flexibility index (Phi) is 6.35. The molecule has 0 saturated heterocycles. The van der Waals surface area contributed by atoms with E-state index in [0.29, 0.717) is 0 Å². The summed E-state index contributed by atoms with van der Waals surface area (Å²) in [4.78, 5) is 38.7. The summed E-state index contributed by atoms with van der Waals surface area (Å²) in [7, 11) is 0. The summed E-state index contributed by atoms with van der Waals surface area (Å²) in [6.07, 6.45) is 1.86. The van der Waals surface area contributed by atoms with E-state index in [2.05, 4.69) is 15.6 Å². The Morgan fingerprint density at radius 1 is 1.19 bits per heavy atom. The molecule has 140 valence electrons. The number of carbonyl (C=O) groups excluding carboxylic acids is 2. The van der Waals surface area contributed by atoms with Crippen LogP contribution in [0.15, 0.2) is 30.5 Å². The van der Waals surface area contributed by atoms with E-state index in [1.54, 1.807) is 20.0 Å². The number of carboxylic acids is 1. The fourth-order valence-corrected chi connectivity index (χ4v) is 2.75. The standard InChI is InChI=1S/C18H24N4O4/c1-10(2)16(22-15(23)8-19)17(24)21-14(18(25)26)7-11-9-20-13-6-4-3-5-12(11)13/h3-6,9-10,14,16,20H,7-8,19H2,1-2H3,(H,21,24)(H,22,23)(H,25,26). The van der Waals surface area contributed by atoms with Crippen molar-refractivity contribution in [1.29, 1.82) is 0 Å². The summed E-state index contributed by atoms with van der Waals surface area (Å²) >= 11 is 0. The highest BCUT2D eigenvalue weighted by Crippen LogP contribution is 2.19. The minimum absolute atomic E-state index is 0.126. The number of fused-ring (bicyclic) bond motifs is 1. The molecular formula is C18H24N4O4. The number of hydrogen-bond donors (Lipinski definition) is 5. The number of para-hydroxylation sites is 1. The number of hydrogen-bond acceptors (Lipinski definition) is 4. The first kappa shape index (κ1) is 19.5. The van der Waals surface area contributed by atoms with E-state index in [1.807, 2.05) is 24.3 Å². The van der Waals surface area contributed by atoms with Crippen molar-refractivity contribution >= 4 is 28.7 Å². The number of nitrogens with one attached hydrogen (secondary N) is 3. The number of H-pyrrole nitrogens is 1. The van der Waals surface area contributed by atoms with Crippen LogP contribution < -0.4 is 16.4 Å². The molecule has 0 fully saturated rings. The highest BCUT2D eigenvalue weighted by molar-refractivity contribution is 5.91. The van der Waals surface area contributed by atoms with Gasteiger partial charge in [-0.2, -0.15) is 0 Å². The summed E-state index contributed by atoms with van der Waals surface area (Å²) in [6, 6.07) is 5.57. The van der Waals surface area contributed by atoms with Crippen LogP contribution in [0.5, 0.6) is 0 Å². The zero-order valence-corrected chi connectivity index (χ0v) is 14.8. The van der Waals surface area contributed by atoms with E-state index in [4.69, 9.17) is 5.73 Å². The minimum Gasteiger partial charge on any atom is -0.480 e. The minimum atomic E-state index is -1.14. The first-order valence-corrected chi connectivity index (χ1v) is 8.41. The largest absolute Gasteiger partial charge is 0.480 e. The molecule has 8 nitrogen and oxygen atoms in total. The summed E-state index contributed by atoms with van der Waals surface area (Å²) in [5.41, 5.74) is 6.96. The van der Waals surface area contributed by atoms with Gasteiger partial charge in [-0.25, -0.2) is 4.79 Å². The van der Waals surface area contributed by atoms with Crippen molar-refractivity contribution in [3.05, 3.63) is 36.0 Å².